The summed E-state index contributed by atoms with van der Waals surface area (Å²) in [4.78, 5) is 36.2. The molecule has 0 bridgehead atoms. The standard InChI is InChI=1S/C26H26N4O5/c1-3-34-23-15-19(12-13-22(23)35-17-24(31)28-20-9-5-4-6-10-20)16-27-30-26(33)25(32)29-21-11-7-8-18(2)14-21/h4-16H,3,17H2,1-2H3,(H,28,31)(H,29,32)(H,30,33)/b27-16-. The second-order valence-corrected chi connectivity index (χ2v) is 7.36. The number of carbonyl (C=O) groups excluding carboxylic acids is 3. The Labute approximate surface area is 203 Å². The largest absolute Gasteiger partial charge is 0.490 e. The molecule has 9 heteroatoms. The van der Waals surface area contributed by atoms with Gasteiger partial charge in [0.15, 0.2) is 18.1 Å². The molecule has 3 N–H and O–H groups in total. The van der Waals surface area contributed by atoms with Crippen LogP contribution in [-0.2, 0) is 14.4 Å². The number of ether oxygens (including phenoxy) is 2. The van der Waals surface area contributed by atoms with Crippen molar-refractivity contribution in [1.29, 1.82) is 0 Å². The van der Waals surface area contributed by atoms with E-state index < -0.39 is 11.8 Å². The minimum absolute atomic E-state index is 0.200. The lowest BCUT2D eigenvalue weighted by atomic mass is 10.2. The smallest absolute Gasteiger partial charge is 0.329 e. The number of hydrogen-bond donors (Lipinski definition) is 3. The average Bonchev–Trinajstić information content (AvgIpc) is 2.84. The van der Waals surface area contributed by atoms with Crippen LogP contribution in [0.2, 0.25) is 0 Å². The first kappa shape index (κ1) is 25.0. The van der Waals surface area contributed by atoms with Crippen LogP contribution in [0.1, 0.15) is 18.1 Å². The van der Waals surface area contributed by atoms with E-state index in [1.165, 1.54) is 6.21 Å². The zero-order valence-electron chi connectivity index (χ0n) is 19.4. The Kier molecular flexibility index (Phi) is 8.95. The predicted octanol–water partition coefficient (Wildman–Crippen LogP) is 3.50. The molecule has 0 radical (unpaired) electrons. The highest BCUT2D eigenvalue weighted by atomic mass is 16.5. The summed E-state index contributed by atoms with van der Waals surface area (Å²) in [5, 5.41) is 9.08. The Hall–Kier alpha value is -4.66. The first-order valence-electron chi connectivity index (χ1n) is 10.9. The Morgan fingerprint density at radius 3 is 2.34 bits per heavy atom. The van der Waals surface area contributed by atoms with Crippen LogP contribution < -0.4 is 25.5 Å². The molecule has 0 saturated carbocycles. The van der Waals surface area contributed by atoms with Gasteiger partial charge in [-0.25, -0.2) is 5.43 Å². The molecule has 0 spiro atoms. The number of benzene rings is 3. The third kappa shape index (κ3) is 8.01. The maximum Gasteiger partial charge on any atom is 0.329 e. The van der Waals surface area contributed by atoms with E-state index >= 15 is 0 Å². The summed E-state index contributed by atoms with van der Waals surface area (Å²) in [5.74, 6) is -1.25. The van der Waals surface area contributed by atoms with Crippen molar-refractivity contribution < 1.29 is 23.9 Å². The van der Waals surface area contributed by atoms with E-state index in [4.69, 9.17) is 9.47 Å². The van der Waals surface area contributed by atoms with E-state index in [0.717, 1.165) is 5.56 Å². The summed E-state index contributed by atoms with van der Waals surface area (Å²) in [6, 6.07) is 21.1. The molecule has 3 aromatic carbocycles. The summed E-state index contributed by atoms with van der Waals surface area (Å²) in [6.45, 7) is 3.88. The van der Waals surface area contributed by atoms with Gasteiger partial charge >= 0.3 is 11.8 Å². The molecule has 0 aliphatic rings. The van der Waals surface area contributed by atoms with Gasteiger partial charge in [0.05, 0.1) is 12.8 Å². The van der Waals surface area contributed by atoms with Gasteiger partial charge in [-0.15, -0.1) is 0 Å². The summed E-state index contributed by atoms with van der Waals surface area (Å²) in [6.07, 6.45) is 1.37. The van der Waals surface area contributed by atoms with E-state index in [2.05, 4.69) is 21.2 Å². The van der Waals surface area contributed by atoms with Crippen LogP contribution in [0.25, 0.3) is 0 Å². The number of amides is 3. The van der Waals surface area contributed by atoms with Gasteiger partial charge in [-0.05, 0) is 67.4 Å². The molecule has 9 nitrogen and oxygen atoms in total. The van der Waals surface area contributed by atoms with E-state index in [9.17, 15) is 14.4 Å². The molecular formula is C26H26N4O5. The monoisotopic (exact) mass is 474 g/mol. The Balaban J connectivity index is 1.55. The molecule has 0 aliphatic carbocycles. The molecule has 3 amide bonds. The highest BCUT2D eigenvalue weighted by Crippen LogP contribution is 2.28. The summed E-state index contributed by atoms with van der Waals surface area (Å²) < 4.78 is 11.2. The topological polar surface area (TPSA) is 118 Å². The molecular weight excluding hydrogens is 448 g/mol. The van der Waals surface area contributed by atoms with Gasteiger partial charge in [-0.2, -0.15) is 5.10 Å². The van der Waals surface area contributed by atoms with Crippen molar-refractivity contribution in [3.05, 3.63) is 83.9 Å². The van der Waals surface area contributed by atoms with Gasteiger partial charge in [-0.1, -0.05) is 30.3 Å². The zero-order chi connectivity index (χ0) is 25.0. The lowest BCUT2D eigenvalue weighted by Gasteiger charge is -2.12. The SMILES string of the molecule is CCOc1cc(/C=N\NC(=O)C(=O)Nc2cccc(C)c2)ccc1OCC(=O)Nc1ccccc1. The van der Waals surface area contributed by atoms with E-state index in [-0.39, 0.29) is 12.5 Å². The van der Waals surface area contributed by atoms with Gasteiger partial charge in [0.25, 0.3) is 5.91 Å². The normalized spacial score (nSPS) is 10.5. The Morgan fingerprint density at radius 2 is 1.60 bits per heavy atom. The molecule has 0 aliphatic heterocycles. The maximum atomic E-state index is 12.1. The van der Waals surface area contributed by atoms with Crippen molar-refractivity contribution in [3.8, 4) is 11.5 Å². The van der Waals surface area contributed by atoms with Gasteiger partial charge in [0, 0.05) is 11.4 Å². The van der Waals surface area contributed by atoms with Crippen LogP contribution in [0.5, 0.6) is 11.5 Å². The maximum absolute atomic E-state index is 12.1. The van der Waals surface area contributed by atoms with Crippen molar-refractivity contribution in [3.63, 3.8) is 0 Å². The van der Waals surface area contributed by atoms with Crippen LogP contribution in [-0.4, -0.2) is 37.1 Å². The fraction of sp³-hybridized carbons (Fsp3) is 0.154. The predicted molar refractivity (Wildman–Crippen MR) is 134 cm³/mol. The second kappa shape index (κ2) is 12.5. The van der Waals surface area contributed by atoms with Crippen LogP contribution in [0.3, 0.4) is 0 Å². The molecule has 0 aromatic heterocycles. The minimum Gasteiger partial charge on any atom is -0.490 e. The number of hydrogen-bond acceptors (Lipinski definition) is 6. The summed E-state index contributed by atoms with van der Waals surface area (Å²) in [5.41, 5.74) is 4.93. The van der Waals surface area contributed by atoms with Crippen molar-refractivity contribution in [2.24, 2.45) is 5.10 Å². The molecule has 0 saturated heterocycles. The van der Waals surface area contributed by atoms with E-state index in [1.54, 1.807) is 48.5 Å². The quantitative estimate of drug-likeness (QED) is 0.249. The summed E-state index contributed by atoms with van der Waals surface area (Å²) in [7, 11) is 0. The first-order valence-corrected chi connectivity index (χ1v) is 10.9. The molecule has 0 atom stereocenters. The number of aryl methyl sites for hydroxylation is 1. The van der Waals surface area contributed by atoms with Gasteiger partial charge in [0.1, 0.15) is 0 Å². The molecule has 3 rings (SSSR count). The molecule has 0 unspecified atom stereocenters. The lowest BCUT2D eigenvalue weighted by Crippen LogP contribution is -2.32. The molecule has 35 heavy (non-hydrogen) atoms. The van der Waals surface area contributed by atoms with Gasteiger partial charge in [0.2, 0.25) is 0 Å². The highest BCUT2D eigenvalue weighted by molar-refractivity contribution is 6.39. The molecule has 3 aromatic rings. The lowest BCUT2D eigenvalue weighted by molar-refractivity contribution is -0.136. The number of nitrogens with zero attached hydrogens (tertiary/aromatic N) is 1. The number of carbonyl (C=O) groups is 3. The number of hydrazone groups is 1. The number of para-hydroxylation sites is 1. The van der Waals surface area contributed by atoms with Crippen LogP contribution in [0.15, 0.2) is 77.9 Å². The van der Waals surface area contributed by atoms with Gasteiger partial charge < -0.3 is 20.1 Å². The minimum atomic E-state index is -0.905. The molecule has 0 heterocycles. The molecule has 180 valence electrons. The third-order valence-electron chi connectivity index (χ3n) is 4.55. The fourth-order valence-electron chi connectivity index (χ4n) is 2.98. The zero-order valence-corrected chi connectivity index (χ0v) is 19.4. The average molecular weight is 475 g/mol. The number of anilines is 2. The van der Waals surface area contributed by atoms with Crippen molar-refractivity contribution in [1.82, 2.24) is 5.43 Å². The third-order valence-corrected chi connectivity index (χ3v) is 4.55. The van der Waals surface area contributed by atoms with Crippen LogP contribution in [0, 0.1) is 6.92 Å². The van der Waals surface area contributed by atoms with E-state index in [1.807, 2.05) is 38.1 Å². The Bertz CT molecular complexity index is 1210. The Morgan fingerprint density at radius 1 is 0.829 bits per heavy atom. The fourth-order valence-corrected chi connectivity index (χ4v) is 2.98. The number of nitrogens with one attached hydrogen (secondary N) is 3. The first-order chi connectivity index (χ1) is 16.9. The van der Waals surface area contributed by atoms with Gasteiger partial charge in [-0.3, -0.25) is 14.4 Å². The van der Waals surface area contributed by atoms with Crippen molar-refractivity contribution in [2.45, 2.75) is 13.8 Å². The van der Waals surface area contributed by atoms with E-state index in [0.29, 0.717) is 35.0 Å². The molecule has 0 fully saturated rings. The summed E-state index contributed by atoms with van der Waals surface area (Å²) >= 11 is 0. The second-order valence-electron chi connectivity index (χ2n) is 7.36. The van der Waals surface area contributed by atoms with Crippen molar-refractivity contribution in [2.75, 3.05) is 23.8 Å². The van der Waals surface area contributed by atoms with Crippen LogP contribution in [0.4, 0.5) is 11.4 Å². The van der Waals surface area contributed by atoms with Crippen molar-refractivity contribution >= 4 is 35.3 Å². The van der Waals surface area contributed by atoms with Crippen LogP contribution >= 0.6 is 0 Å². The number of rotatable bonds is 9. The highest BCUT2D eigenvalue weighted by Gasteiger charge is 2.13.